The van der Waals surface area contributed by atoms with E-state index in [9.17, 15) is 4.79 Å². The second kappa shape index (κ2) is 8.46. The van der Waals surface area contributed by atoms with Crippen LogP contribution in [-0.2, 0) is 4.74 Å². The highest BCUT2D eigenvalue weighted by molar-refractivity contribution is 5.92. The van der Waals surface area contributed by atoms with Crippen molar-refractivity contribution < 1.29 is 9.53 Å². The molecule has 1 aromatic heterocycles. The zero-order chi connectivity index (χ0) is 16.5. The topological polar surface area (TPSA) is 99.9 Å². The average molecular weight is 311 g/mol. The maximum Gasteiger partial charge on any atom is 0.270 e. The summed E-state index contributed by atoms with van der Waals surface area (Å²) in [5, 5.41) is 14.5. The van der Waals surface area contributed by atoms with Gasteiger partial charge in [0.1, 0.15) is 5.69 Å². The van der Waals surface area contributed by atoms with Gasteiger partial charge in [-0.3, -0.25) is 4.79 Å². The first kappa shape index (κ1) is 16.4. The third-order valence-electron chi connectivity index (χ3n) is 2.97. The van der Waals surface area contributed by atoms with Crippen molar-refractivity contribution in [1.29, 1.82) is 5.26 Å². The molecule has 1 aromatic carbocycles. The summed E-state index contributed by atoms with van der Waals surface area (Å²) in [7, 11) is 1.62. The quantitative estimate of drug-likeness (QED) is 0.757. The highest BCUT2D eigenvalue weighted by Crippen LogP contribution is 2.13. The number of hydrogen-bond donors (Lipinski definition) is 2. The van der Waals surface area contributed by atoms with Gasteiger partial charge in [-0.05, 0) is 36.8 Å². The molecule has 7 nitrogen and oxygen atoms in total. The minimum absolute atomic E-state index is 0.258. The van der Waals surface area contributed by atoms with Crippen LogP contribution < -0.4 is 10.6 Å². The molecule has 0 spiro atoms. The van der Waals surface area contributed by atoms with Gasteiger partial charge in [0, 0.05) is 32.1 Å². The van der Waals surface area contributed by atoms with Crippen molar-refractivity contribution in [2.45, 2.75) is 6.42 Å². The van der Waals surface area contributed by atoms with Crippen LogP contribution in [0.3, 0.4) is 0 Å². The van der Waals surface area contributed by atoms with Gasteiger partial charge in [0.2, 0.25) is 5.95 Å². The van der Waals surface area contributed by atoms with Gasteiger partial charge in [0.25, 0.3) is 5.91 Å². The number of nitriles is 1. The fourth-order valence-electron chi connectivity index (χ4n) is 1.81. The molecule has 2 aromatic rings. The smallest absolute Gasteiger partial charge is 0.270 e. The zero-order valence-electron chi connectivity index (χ0n) is 12.7. The summed E-state index contributed by atoms with van der Waals surface area (Å²) in [6.45, 7) is 1.12. The molecule has 0 atom stereocenters. The Morgan fingerprint density at radius 1 is 1.30 bits per heavy atom. The lowest BCUT2D eigenvalue weighted by Gasteiger charge is -2.07. The van der Waals surface area contributed by atoms with E-state index in [-0.39, 0.29) is 11.6 Å². The third kappa shape index (κ3) is 5.05. The van der Waals surface area contributed by atoms with Gasteiger partial charge in [-0.2, -0.15) is 5.26 Å². The average Bonchev–Trinajstić information content (AvgIpc) is 2.59. The Morgan fingerprint density at radius 3 is 2.78 bits per heavy atom. The van der Waals surface area contributed by atoms with E-state index in [1.807, 2.05) is 6.07 Å². The van der Waals surface area contributed by atoms with Crippen LogP contribution in [0.1, 0.15) is 22.5 Å². The SMILES string of the molecule is COCCCNC(=O)c1ccnc(Nc2ccc(C#N)cc2)n1. The monoisotopic (exact) mass is 311 g/mol. The Hall–Kier alpha value is -2.98. The number of benzene rings is 1. The van der Waals surface area contributed by atoms with E-state index >= 15 is 0 Å². The van der Waals surface area contributed by atoms with Crippen LogP contribution in [0.2, 0.25) is 0 Å². The van der Waals surface area contributed by atoms with Crippen LogP contribution in [-0.4, -0.2) is 36.1 Å². The van der Waals surface area contributed by atoms with Gasteiger partial charge in [-0.15, -0.1) is 0 Å². The highest BCUT2D eigenvalue weighted by atomic mass is 16.5. The van der Waals surface area contributed by atoms with Crippen molar-refractivity contribution in [2.75, 3.05) is 25.6 Å². The van der Waals surface area contributed by atoms with Crippen LogP contribution >= 0.6 is 0 Å². The number of aromatic nitrogens is 2. The molecule has 0 fully saturated rings. The molecular weight excluding hydrogens is 294 g/mol. The van der Waals surface area contributed by atoms with Crippen molar-refractivity contribution >= 4 is 17.5 Å². The number of nitrogens with one attached hydrogen (secondary N) is 2. The van der Waals surface area contributed by atoms with Crippen LogP contribution in [0.5, 0.6) is 0 Å². The lowest BCUT2D eigenvalue weighted by molar-refractivity contribution is 0.0943. The molecule has 0 aliphatic rings. The molecule has 0 saturated heterocycles. The molecular formula is C16H17N5O2. The minimum atomic E-state index is -0.258. The first-order valence-corrected chi connectivity index (χ1v) is 7.10. The molecule has 0 aliphatic heterocycles. The summed E-state index contributed by atoms with van der Waals surface area (Å²) in [5.41, 5.74) is 1.59. The lowest BCUT2D eigenvalue weighted by Crippen LogP contribution is -2.26. The first-order valence-electron chi connectivity index (χ1n) is 7.10. The van der Waals surface area contributed by atoms with E-state index in [0.29, 0.717) is 24.7 Å². The Balaban J connectivity index is 1.98. The molecule has 1 amide bonds. The van der Waals surface area contributed by atoms with Gasteiger partial charge in [0.15, 0.2) is 0 Å². The largest absolute Gasteiger partial charge is 0.385 e. The Bertz CT molecular complexity index is 694. The standard InChI is InChI=1S/C16H17N5O2/c1-23-10-2-8-18-15(22)14-7-9-19-16(21-14)20-13-5-3-12(11-17)4-6-13/h3-7,9H,2,8,10H2,1H3,(H,18,22)(H,19,20,21). The molecule has 1 heterocycles. The number of rotatable bonds is 7. The lowest BCUT2D eigenvalue weighted by atomic mass is 10.2. The molecule has 0 saturated carbocycles. The number of carbonyl (C=O) groups excluding carboxylic acids is 1. The van der Waals surface area contributed by atoms with Crippen molar-refractivity contribution in [3.8, 4) is 6.07 Å². The number of nitrogens with zero attached hydrogens (tertiary/aromatic N) is 3. The number of amides is 1. The van der Waals surface area contributed by atoms with Gasteiger partial charge in [0.05, 0.1) is 11.6 Å². The zero-order valence-corrected chi connectivity index (χ0v) is 12.7. The van der Waals surface area contributed by atoms with Crippen LogP contribution in [0.15, 0.2) is 36.5 Å². The number of ether oxygens (including phenoxy) is 1. The summed E-state index contributed by atoms with van der Waals surface area (Å²) in [4.78, 5) is 20.3. The van der Waals surface area contributed by atoms with Gasteiger partial charge < -0.3 is 15.4 Å². The maximum atomic E-state index is 12.0. The van der Waals surface area contributed by atoms with Gasteiger partial charge >= 0.3 is 0 Å². The van der Waals surface area contributed by atoms with E-state index in [1.54, 1.807) is 37.4 Å². The van der Waals surface area contributed by atoms with Crippen LogP contribution in [0.25, 0.3) is 0 Å². The van der Waals surface area contributed by atoms with Crippen molar-refractivity contribution in [3.63, 3.8) is 0 Å². The second-order valence-corrected chi connectivity index (χ2v) is 4.68. The summed E-state index contributed by atoms with van der Waals surface area (Å²) < 4.78 is 4.92. The normalized spacial score (nSPS) is 9.91. The molecule has 2 N–H and O–H groups in total. The van der Waals surface area contributed by atoms with Crippen molar-refractivity contribution in [1.82, 2.24) is 15.3 Å². The van der Waals surface area contributed by atoms with E-state index in [2.05, 4.69) is 20.6 Å². The number of carbonyl (C=O) groups is 1. The number of hydrogen-bond acceptors (Lipinski definition) is 6. The van der Waals surface area contributed by atoms with Gasteiger partial charge in [-0.1, -0.05) is 0 Å². The Labute approximate surface area is 134 Å². The number of anilines is 2. The molecule has 2 rings (SSSR count). The Kier molecular flexibility index (Phi) is 6.03. The highest BCUT2D eigenvalue weighted by Gasteiger charge is 2.08. The van der Waals surface area contributed by atoms with E-state index in [4.69, 9.17) is 10.00 Å². The molecule has 0 bridgehead atoms. The molecule has 118 valence electrons. The predicted molar refractivity (Wildman–Crippen MR) is 85.3 cm³/mol. The molecule has 7 heteroatoms. The fraction of sp³-hybridized carbons (Fsp3) is 0.250. The van der Waals surface area contributed by atoms with Gasteiger partial charge in [-0.25, -0.2) is 9.97 Å². The Morgan fingerprint density at radius 2 is 2.09 bits per heavy atom. The maximum absolute atomic E-state index is 12.0. The van der Waals surface area contributed by atoms with Crippen LogP contribution in [0, 0.1) is 11.3 Å². The van der Waals surface area contributed by atoms with E-state index in [0.717, 1.165) is 12.1 Å². The molecule has 0 unspecified atom stereocenters. The van der Waals surface area contributed by atoms with E-state index < -0.39 is 0 Å². The third-order valence-corrected chi connectivity index (χ3v) is 2.97. The molecule has 0 aliphatic carbocycles. The summed E-state index contributed by atoms with van der Waals surface area (Å²) in [6, 6.07) is 10.5. The summed E-state index contributed by atoms with van der Waals surface area (Å²) in [6.07, 6.45) is 2.26. The predicted octanol–water partition coefficient (Wildman–Crippen LogP) is 1.86. The van der Waals surface area contributed by atoms with Crippen molar-refractivity contribution in [3.05, 3.63) is 47.8 Å². The fourth-order valence-corrected chi connectivity index (χ4v) is 1.81. The van der Waals surface area contributed by atoms with E-state index in [1.165, 1.54) is 6.20 Å². The van der Waals surface area contributed by atoms with Crippen molar-refractivity contribution in [2.24, 2.45) is 0 Å². The number of methoxy groups -OCH3 is 1. The minimum Gasteiger partial charge on any atom is -0.385 e. The molecule has 0 radical (unpaired) electrons. The van der Waals surface area contributed by atoms with Crippen LogP contribution in [0.4, 0.5) is 11.6 Å². The summed E-state index contributed by atoms with van der Waals surface area (Å²) in [5.74, 6) is 0.0608. The molecule has 23 heavy (non-hydrogen) atoms. The second-order valence-electron chi connectivity index (χ2n) is 4.68. The summed E-state index contributed by atoms with van der Waals surface area (Å²) >= 11 is 0. The first-order chi connectivity index (χ1) is 11.2.